The number of carbonyl (C=O) groups excluding carboxylic acids is 1. The lowest BCUT2D eigenvalue weighted by Crippen LogP contribution is -2.07. The normalized spacial score (nSPS) is 24.1. The molecular weight excluding hydrogens is 188 g/mol. The molecule has 1 aliphatic rings. The summed E-state index contributed by atoms with van der Waals surface area (Å²) in [5.74, 6) is 1.50. The Morgan fingerprint density at radius 2 is 1.87 bits per heavy atom. The molecule has 2 unspecified atom stereocenters. The van der Waals surface area contributed by atoms with Crippen LogP contribution in [0.25, 0.3) is 0 Å². The standard InChI is InChI=1S/C13H16O2/c1-7-8(2)13(14)12-9(3)11(15-4)6-5-10(7)12/h5-8H,1-4H3. The molecule has 1 aromatic rings. The molecule has 0 spiro atoms. The van der Waals surface area contributed by atoms with Crippen molar-refractivity contribution in [3.63, 3.8) is 0 Å². The Hall–Kier alpha value is -1.31. The van der Waals surface area contributed by atoms with Gasteiger partial charge < -0.3 is 4.74 Å². The highest BCUT2D eigenvalue weighted by atomic mass is 16.5. The second-order valence-electron chi connectivity index (χ2n) is 4.30. The SMILES string of the molecule is COc1ccc2c(c1C)C(=O)C(C)C2C. The average molecular weight is 204 g/mol. The predicted molar refractivity (Wildman–Crippen MR) is 59.6 cm³/mol. The van der Waals surface area contributed by atoms with Crippen LogP contribution in [0.3, 0.4) is 0 Å². The Kier molecular flexibility index (Phi) is 2.29. The van der Waals surface area contributed by atoms with Crippen molar-refractivity contribution in [2.24, 2.45) is 5.92 Å². The number of rotatable bonds is 1. The number of methoxy groups -OCH3 is 1. The summed E-state index contributed by atoms with van der Waals surface area (Å²) in [6.07, 6.45) is 0. The van der Waals surface area contributed by atoms with Gasteiger partial charge in [-0.3, -0.25) is 4.79 Å². The van der Waals surface area contributed by atoms with E-state index in [2.05, 4.69) is 6.92 Å². The molecule has 0 saturated heterocycles. The molecule has 1 aliphatic carbocycles. The number of fused-ring (bicyclic) bond motifs is 1. The van der Waals surface area contributed by atoms with Gasteiger partial charge in [0.05, 0.1) is 7.11 Å². The van der Waals surface area contributed by atoms with Gasteiger partial charge in [0.15, 0.2) is 5.78 Å². The molecular formula is C13H16O2. The van der Waals surface area contributed by atoms with E-state index < -0.39 is 0 Å². The molecule has 15 heavy (non-hydrogen) atoms. The van der Waals surface area contributed by atoms with Gasteiger partial charge in [0.1, 0.15) is 5.75 Å². The van der Waals surface area contributed by atoms with Crippen molar-refractivity contribution in [3.8, 4) is 5.75 Å². The van der Waals surface area contributed by atoms with Crippen LogP contribution in [0.2, 0.25) is 0 Å². The molecule has 0 amide bonds. The van der Waals surface area contributed by atoms with E-state index in [1.165, 1.54) is 5.56 Å². The highest BCUT2D eigenvalue weighted by Crippen LogP contribution is 2.41. The lowest BCUT2D eigenvalue weighted by molar-refractivity contribution is 0.0936. The van der Waals surface area contributed by atoms with E-state index in [-0.39, 0.29) is 11.7 Å². The molecule has 0 bridgehead atoms. The van der Waals surface area contributed by atoms with E-state index in [1.54, 1.807) is 7.11 Å². The smallest absolute Gasteiger partial charge is 0.166 e. The maximum atomic E-state index is 12.0. The van der Waals surface area contributed by atoms with Gasteiger partial charge in [-0.25, -0.2) is 0 Å². The molecule has 0 radical (unpaired) electrons. The highest BCUT2D eigenvalue weighted by Gasteiger charge is 2.35. The summed E-state index contributed by atoms with van der Waals surface area (Å²) >= 11 is 0. The van der Waals surface area contributed by atoms with Crippen LogP contribution in [0, 0.1) is 12.8 Å². The average Bonchev–Trinajstić information content (AvgIpc) is 2.45. The van der Waals surface area contributed by atoms with Gasteiger partial charge in [-0.2, -0.15) is 0 Å². The first kappa shape index (κ1) is 10.2. The first-order valence-electron chi connectivity index (χ1n) is 5.29. The zero-order valence-corrected chi connectivity index (χ0v) is 9.63. The number of ketones is 1. The summed E-state index contributed by atoms with van der Waals surface area (Å²) in [6, 6.07) is 3.98. The minimum atomic E-state index is 0.103. The van der Waals surface area contributed by atoms with Crippen LogP contribution in [-0.2, 0) is 0 Å². The molecule has 0 saturated carbocycles. The van der Waals surface area contributed by atoms with Gasteiger partial charge in [-0.15, -0.1) is 0 Å². The monoisotopic (exact) mass is 204 g/mol. The highest BCUT2D eigenvalue weighted by molar-refractivity contribution is 6.04. The van der Waals surface area contributed by atoms with Crippen molar-refractivity contribution in [3.05, 3.63) is 28.8 Å². The lowest BCUT2D eigenvalue weighted by Gasteiger charge is -2.10. The fourth-order valence-electron chi connectivity index (χ4n) is 2.37. The van der Waals surface area contributed by atoms with E-state index >= 15 is 0 Å². The van der Waals surface area contributed by atoms with E-state index in [0.717, 1.165) is 16.9 Å². The van der Waals surface area contributed by atoms with Crippen LogP contribution >= 0.6 is 0 Å². The van der Waals surface area contributed by atoms with E-state index in [4.69, 9.17) is 4.74 Å². The summed E-state index contributed by atoms with van der Waals surface area (Å²) in [5.41, 5.74) is 3.04. The quantitative estimate of drug-likeness (QED) is 0.703. The van der Waals surface area contributed by atoms with Crippen molar-refractivity contribution in [1.82, 2.24) is 0 Å². The largest absolute Gasteiger partial charge is 0.496 e. The third-order valence-corrected chi connectivity index (χ3v) is 3.57. The maximum absolute atomic E-state index is 12.0. The van der Waals surface area contributed by atoms with Crippen LogP contribution in [0.5, 0.6) is 5.75 Å². The number of Topliss-reactive ketones (excluding diaryl/α,β-unsaturated/α-hetero) is 1. The molecule has 1 aromatic carbocycles. The molecule has 0 aliphatic heterocycles. The van der Waals surface area contributed by atoms with Crippen LogP contribution in [-0.4, -0.2) is 12.9 Å². The van der Waals surface area contributed by atoms with Gasteiger partial charge in [-0.1, -0.05) is 19.9 Å². The van der Waals surface area contributed by atoms with Crippen molar-refractivity contribution in [2.45, 2.75) is 26.7 Å². The summed E-state index contributed by atoms with van der Waals surface area (Å²) in [7, 11) is 1.64. The lowest BCUT2D eigenvalue weighted by atomic mass is 9.96. The topological polar surface area (TPSA) is 26.3 Å². The van der Waals surface area contributed by atoms with Crippen molar-refractivity contribution < 1.29 is 9.53 Å². The predicted octanol–water partition coefficient (Wildman–Crippen LogP) is 2.94. The number of carbonyl (C=O) groups is 1. The molecule has 2 rings (SSSR count). The first-order valence-corrected chi connectivity index (χ1v) is 5.29. The van der Waals surface area contributed by atoms with Crippen LogP contribution in [0.15, 0.2) is 12.1 Å². The second kappa shape index (κ2) is 3.37. The molecule has 2 heteroatoms. The second-order valence-corrected chi connectivity index (χ2v) is 4.30. The fourth-order valence-corrected chi connectivity index (χ4v) is 2.37. The van der Waals surface area contributed by atoms with Gasteiger partial charge in [0, 0.05) is 17.0 Å². The Morgan fingerprint density at radius 3 is 2.47 bits per heavy atom. The summed E-state index contributed by atoms with van der Waals surface area (Å²) in [5, 5.41) is 0. The maximum Gasteiger partial charge on any atom is 0.166 e. The van der Waals surface area contributed by atoms with Gasteiger partial charge in [-0.05, 0) is 24.5 Å². The molecule has 0 aromatic heterocycles. The number of hydrogen-bond acceptors (Lipinski definition) is 2. The summed E-state index contributed by atoms with van der Waals surface area (Å²) < 4.78 is 5.24. The third-order valence-electron chi connectivity index (χ3n) is 3.57. The third kappa shape index (κ3) is 1.28. The van der Waals surface area contributed by atoms with Gasteiger partial charge in [0.2, 0.25) is 0 Å². The molecule has 80 valence electrons. The first-order chi connectivity index (χ1) is 7.07. The Bertz CT molecular complexity index is 421. The van der Waals surface area contributed by atoms with Crippen molar-refractivity contribution >= 4 is 5.78 Å². The summed E-state index contributed by atoms with van der Waals surface area (Å²) in [6.45, 7) is 6.07. The van der Waals surface area contributed by atoms with Gasteiger partial charge in [0.25, 0.3) is 0 Å². The van der Waals surface area contributed by atoms with Gasteiger partial charge >= 0.3 is 0 Å². The minimum Gasteiger partial charge on any atom is -0.496 e. The number of benzene rings is 1. The zero-order valence-electron chi connectivity index (χ0n) is 9.63. The Labute approximate surface area is 90.3 Å². The molecule has 0 fully saturated rings. The van der Waals surface area contributed by atoms with E-state index in [9.17, 15) is 4.79 Å². The van der Waals surface area contributed by atoms with Crippen LogP contribution in [0.4, 0.5) is 0 Å². The Morgan fingerprint density at radius 1 is 1.20 bits per heavy atom. The van der Waals surface area contributed by atoms with Crippen molar-refractivity contribution in [1.29, 1.82) is 0 Å². The molecule has 0 N–H and O–H groups in total. The van der Waals surface area contributed by atoms with Crippen LogP contribution in [0.1, 0.15) is 41.3 Å². The number of ether oxygens (including phenoxy) is 1. The van der Waals surface area contributed by atoms with E-state index in [1.807, 2.05) is 26.0 Å². The van der Waals surface area contributed by atoms with Crippen molar-refractivity contribution in [2.75, 3.05) is 7.11 Å². The summed E-state index contributed by atoms with van der Waals surface area (Å²) in [4.78, 5) is 12.0. The molecule has 2 atom stereocenters. The molecule has 2 nitrogen and oxygen atoms in total. The Balaban J connectivity index is 2.65. The van der Waals surface area contributed by atoms with Crippen LogP contribution < -0.4 is 4.74 Å². The zero-order chi connectivity index (χ0) is 11.2. The minimum absolute atomic E-state index is 0.103. The fraction of sp³-hybridized carbons (Fsp3) is 0.462. The number of hydrogen-bond donors (Lipinski definition) is 0. The molecule has 0 heterocycles. The van der Waals surface area contributed by atoms with E-state index in [0.29, 0.717) is 5.92 Å².